The van der Waals surface area contributed by atoms with Gasteiger partial charge in [-0.25, -0.2) is 0 Å². The first-order valence-corrected chi connectivity index (χ1v) is 7.27. The van der Waals surface area contributed by atoms with Crippen molar-refractivity contribution in [3.8, 4) is 5.75 Å². The summed E-state index contributed by atoms with van der Waals surface area (Å²) < 4.78 is 5.92. The molecule has 2 aromatic rings. The van der Waals surface area contributed by atoms with E-state index in [1.54, 1.807) is 36.4 Å². The molecule has 0 saturated carbocycles. The fourth-order valence-electron chi connectivity index (χ4n) is 2.37. The van der Waals surface area contributed by atoms with Gasteiger partial charge < -0.3 is 9.84 Å². The standard InChI is InChI=1S/C15H11Cl3O2/c16-8-1-3-12(18)10(5-8)15-7-13(19)11-6-9(17)2-4-14(11)20-15/h1-6,13,15,19H,7H2. The highest BCUT2D eigenvalue weighted by Gasteiger charge is 2.29. The second kappa shape index (κ2) is 5.45. The Kier molecular flexibility index (Phi) is 3.83. The van der Waals surface area contributed by atoms with Gasteiger partial charge in [0.15, 0.2) is 0 Å². The Bertz CT molecular complexity index is 658. The van der Waals surface area contributed by atoms with Crippen LogP contribution in [-0.2, 0) is 0 Å². The molecule has 3 rings (SSSR count). The molecular formula is C15H11Cl3O2. The zero-order valence-electron chi connectivity index (χ0n) is 10.3. The third-order valence-corrected chi connectivity index (χ3v) is 4.16. The normalized spacial score (nSPS) is 21.2. The molecule has 0 spiro atoms. The maximum atomic E-state index is 10.3. The highest BCUT2D eigenvalue weighted by Crippen LogP contribution is 2.43. The van der Waals surface area contributed by atoms with Gasteiger partial charge in [-0.2, -0.15) is 0 Å². The van der Waals surface area contributed by atoms with Crippen LogP contribution in [0, 0.1) is 0 Å². The monoisotopic (exact) mass is 328 g/mol. The number of hydrogen-bond donors (Lipinski definition) is 1. The van der Waals surface area contributed by atoms with Gasteiger partial charge in [0, 0.05) is 32.6 Å². The minimum Gasteiger partial charge on any atom is -0.485 e. The molecule has 1 N–H and O–H groups in total. The largest absolute Gasteiger partial charge is 0.485 e. The summed E-state index contributed by atoms with van der Waals surface area (Å²) in [6.07, 6.45) is -0.560. The van der Waals surface area contributed by atoms with E-state index in [9.17, 15) is 5.11 Å². The number of ether oxygens (including phenoxy) is 1. The number of rotatable bonds is 1. The highest BCUT2D eigenvalue weighted by molar-refractivity contribution is 6.33. The molecule has 1 aliphatic heterocycles. The summed E-state index contributed by atoms with van der Waals surface area (Å²) in [7, 11) is 0. The average Bonchev–Trinajstić information content (AvgIpc) is 2.42. The predicted octanol–water partition coefficient (Wildman–Crippen LogP) is 5.20. The Balaban J connectivity index is 1.99. The molecule has 2 aromatic carbocycles. The van der Waals surface area contributed by atoms with Gasteiger partial charge in [-0.15, -0.1) is 0 Å². The van der Waals surface area contributed by atoms with Crippen LogP contribution in [0.3, 0.4) is 0 Å². The van der Waals surface area contributed by atoms with Crippen molar-refractivity contribution in [3.63, 3.8) is 0 Å². The summed E-state index contributed by atoms with van der Waals surface area (Å²) in [5, 5.41) is 12.0. The molecule has 0 fully saturated rings. The van der Waals surface area contributed by atoms with E-state index in [1.165, 1.54) is 0 Å². The molecule has 0 saturated heterocycles. The van der Waals surface area contributed by atoms with Gasteiger partial charge in [0.05, 0.1) is 6.10 Å². The van der Waals surface area contributed by atoms with Crippen LogP contribution >= 0.6 is 34.8 Å². The van der Waals surface area contributed by atoms with Crippen LogP contribution < -0.4 is 4.74 Å². The zero-order chi connectivity index (χ0) is 14.3. The van der Waals surface area contributed by atoms with E-state index in [0.29, 0.717) is 32.8 Å². The summed E-state index contributed by atoms with van der Waals surface area (Å²) in [6, 6.07) is 10.4. The van der Waals surface area contributed by atoms with E-state index in [-0.39, 0.29) is 6.10 Å². The Morgan fingerprint density at radius 2 is 1.60 bits per heavy atom. The molecule has 0 radical (unpaired) electrons. The maximum Gasteiger partial charge on any atom is 0.128 e. The summed E-state index contributed by atoms with van der Waals surface area (Å²) in [5.74, 6) is 0.620. The molecular weight excluding hydrogens is 319 g/mol. The second-order valence-electron chi connectivity index (χ2n) is 4.71. The van der Waals surface area contributed by atoms with Crippen molar-refractivity contribution in [1.29, 1.82) is 0 Å². The lowest BCUT2D eigenvalue weighted by Crippen LogP contribution is -2.19. The molecule has 0 aromatic heterocycles. The van der Waals surface area contributed by atoms with Gasteiger partial charge >= 0.3 is 0 Å². The van der Waals surface area contributed by atoms with Crippen molar-refractivity contribution < 1.29 is 9.84 Å². The van der Waals surface area contributed by atoms with Crippen LogP contribution in [0.4, 0.5) is 0 Å². The summed E-state index contributed by atoms with van der Waals surface area (Å²) in [6.45, 7) is 0. The molecule has 2 nitrogen and oxygen atoms in total. The number of halogens is 3. The fraction of sp³-hybridized carbons (Fsp3) is 0.200. The molecule has 0 bridgehead atoms. The van der Waals surface area contributed by atoms with E-state index in [1.807, 2.05) is 0 Å². The topological polar surface area (TPSA) is 29.5 Å². The van der Waals surface area contributed by atoms with Crippen LogP contribution in [0.15, 0.2) is 36.4 Å². The fourth-order valence-corrected chi connectivity index (χ4v) is 2.97. The number of fused-ring (bicyclic) bond motifs is 1. The van der Waals surface area contributed by atoms with E-state index in [0.717, 1.165) is 5.56 Å². The van der Waals surface area contributed by atoms with Crippen LogP contribution in [0.5, 0.6) is 5.75 Å². The van der Waals surface area contributed by atoms with Crippen molar-refractivity contribution in [1.82, 2.24) is 0 Å². The highest BCUT2D eigenvalue weighted by atomic mass is 35.5. The lowest BCUT2D eigenvalue weighted by atomic mass is 9.95. The van der Waals surface area contributed by atoms with E-state index >= 15 is 0 Å². The Hall–Kier alpha value is -0.930. The molecule has 1 aliphatic rings. The van der Waals surface area contributed by atoms with Crippen LogP contribution in [0.1, 0.15) is 29.8 Å². The Morgan fingerprint density at radius 1 is 0.950 bits per heavy atom. The first kappa shape index (κ1) is 14.0. The van der Waals surface area contributed by atoms with E-state index in [4.69, 9.17) is 39.5 Å². The molecule has 5 heteroatoms. The van der Waals surface area contributed by atoms with Gasteiger partial charge in [-0.1, -0.05) is 34.8 Å². The number of hydrogen-bond acceptors (Lipinski definition) is 2. The van der Waals surface area contributed by atoms with E-state index < -0.39 is 6.10 Å². The minimum absolute atomic E-state index is 0.329. The smallest absolute Gasteiger partial charge is 0.128 e. The van der Waals surface area contributed by atoms with Gasteiger partial charge in [0.2, 0.25) is 0 Å². The molecule has 2 atom stereocenters. The molecule has 2 unspecified atom stereocenters. The summed E-state index contributed by atoms with van der Waals surface area (Å²) in [4.78, 5) is 0. The second-order valence-corrected chi connectivity index (χ2v) is 5.99. The van der Waals surface area contributed by atoms with Gasteiger partial charge in [0.25, 0.3) is 0 Å². The molecule has 0 aliphatic carbocycles. The number of aliphatic hydroxyl groups is 1. The van der Waals surface area contributed by atoms with Crippen LogP contribution in [-0.4, -0.2) is 5.11 Å². The van der Waals surface area contributed by atoms with E-state index in [2.05, 4.69) is 0 Å². The Morgan fingerprint density at radius 3 is 2.35 bits per heavy atom. The quantitative estimate of drug-likeness (QED) is 0.779. The van der Waals surface area contributed by atoms with Crippen molar-refractivity contribution in [3.05, 3.63) is 62.6 Å². The van der Waals surface area contributed by atoms with Crippen molar-refractivity contribution in [2.75, 3.05) is 0 Å². The lowest BCUT2D eigenvalue weighted by Gasteiger charge is -2.30. The van der Waals surface area contributed by atoms with Gasteiger partial charge in [-0.05, 0) is 36.4 Å². The van der Waals surface area contributed by atoms with Gasteiger partial charge in [0.1, 0.15) is 11.9 Å². The minimum atomic E-state index is -0.641. The molecule has 1 heterocycles. The van der Waals surface area contributed by atoms with Crippen LogP contribution in [0.2, 0.25) is 15.1 Å². The molecule has 0 amide bonds. The summed E-state index contributed by atoms with van der Waals surface area (Å²) >= 11 is 18.1. The third-order valence-electron chi connectivity index (χ3n) is 3.34. The lowest BCUT2D eigenvalue weighted by molar-refractivity contribution is 0.0658. The van der Waals surface area contributed by atoms with Gasteiger partial charge in [-0.3, -0.25) is 0 Å². The first-order chi connectivity index (χ1) is 9.54. The molecule has 20 heavy (non-hydrogen) atoms. The SMILES string of the molecule is OC1CC(c2cc(Cl)ccc2Cl)Oc2ccc(Cl)cc21. The van der Waals surface area contributed by atoms with Crippen LogP contribution in [0.25, 0.3) is 0 Å². The first-order valence-electron chi connectivity index (χ1n) is 6.13. The van der Waals surface area contributed by atoms with Crippen molar-refractivity contribution >= 4 is 34.8 Å². The third kappa shape index (κ3) is 2.61. The maximum absolute atomic E-state index is 10.3. The molecule has 104 valence electrons. The van der Waals surface area contributed by atoms with Crippen molar-refractivity contribution in [2.45, 2.75) is 18.6 Å². The Labute approximate surface area is 131 Å². The summed E-state index contributed by atoms with van der Waals surface area (Å²) in [5.41, 5.74) is 1.48. The predicted molar refractivity (Wildman–Crippen MR) is 80.9 cm³/mol. The van der Waals surface area contributed by atoms with Crippen molar-refractivity contribution in [2.24, 2.45) is 0 Å². The average molecular weight is 330 g/mol. The number of aliphatic hydroxyl groups excluding tert-OH is 1. The zero-order valence-corrected chi connectivity index (χ0v) is 12.6. The number of benzene rings is 2.